The monoisotopic (exact) mass is 375 g/mol. The maximum Gasteiger partial charge on any atom is 0.0816 e. The van der Waals surface area contributed by atoms with Crippen molar-refractivity contribution in [2.45, 2.75) is 58.6 Å². The summed E-state index contributed by atoms with van der Waals surface area (Å²) >= 11 is 9.59. The van der Waals surface area contributed by atoms with Crippen molar-refractivity contribution in [2.24, 2.45) is 0 Å². The number of aliphatic hydroxyl groups excluding tert-OH is 1. The number of hydrogen-bond donors (Lipinski definition) is 1. The molecule has 4 heteroatoms. The molecule has 0 saturated heterocycles. The van der Waals surface area contributed by atoms with E-state index >= 15 is 0 Å². The Balaban J connectivity index is 2.54. The van der Waals surface area contributed by atoms with Crippen LogP contribution in [0.4, 0.5) is 0 Å². The third-order valence-electron chi connectivity index (χ3n) is 3.79. The Labute approximate surface area is 142 Å². The predicted octanol–water partition coefficient (Wildman–Crippen LogP) is 5.43. The van der Waals surface area contributed by atoms with Gasteiger partial charge in [-0.1, -0.05) is 53.4 Å². The van der Waals surface area contributed by atoms with Gasteiger partial charge in [-0.2, -0.15) is 0 Å². The molecule has 0 bridgehead atoms. The van der Waals surface area contributed by atoms with E-state index in [4.69, 9.17) is 11.6 Å². The highest BCUT2D eigenvalue weighted by Gasteiger charge is 2.15. The minimum atomic E-state index is -0.502. The molecule has 0 amide bonds. The first kappa shape index (κ1) is 19.0. The van der Waals surface area contributed by atoms with Crippen molar-refractivity contribution in [1.29, 1.82) is 0 Å². The summed E-state index contributed by atoms with van der Waals surface area (Å²) in [6.45, 7) is 8.65. The van der Waals surface area contributed by atoms with Gasteiger partial charge in [0.15, 0.2) is 0 Å². The number of hydrogen-bond acceptors (Lipinski definition) is 2. The predicted molar refractivity (Wildman–Crippen MR) is 95.0 cm³/mol. The Morgan fingerprint density at radius 2 is 1.95 bits per heavy atom. The van der Waals surface area contributed by atoms with Gasteiger partial charge >= 0.3 is 0 Å². The van der Waals surface area contributed by atoms with Crippen LogP contribution in [-0.4, -0.2) is 29.1 Å². The Bertz CT molecular complexity index is 425. The van der Waals surface area contributed by atoms with Crippen LogP contribution in [0.5, 0.6) is 0 Å². The molecule has 1 aromatic rings. The number of halogens is 2. The van der Waals surface area contributed by atoms with E-state index in [9.17, 15) is 5.11 Å². The summed E-state index contributed by atoms with van der Waals surface area (Å²) in [7, 11) is 0. The maximum atomic E-state index is 10.4. The smallest absolute Gasteiger partial charge is 0.0816 e. The third kappa shape index (κ3) is 6.68. The lowest BCUT2D eigenvalue weighted by atomic mass is 10.1. The lowest BCUT2D eigenvalue weighted by Gasteiger charge is -2.27. The topological polar surface area (TPSA) is 23.5 Å². The molecule has 0 heterocycles. The number of rotatable bonds is 9. The Morgan fingerprint density at radius 1 is 1.24 bits per heavy atom. The van der Waals surface area contributed by atoms with Gasteiger partial charge in [0.05, 0.1) is 6.10 Å². The summed E-state index contributed by atoms with van der Waals surface area (Å²) in [5.74, 6) is 0. The Kier molecular flexibility index (Phi) is 8.88. The lowest BCUT2D eigenvalue weighted by molar-refractivity contribution is 0.129. The zero-order chi connectivity index (χ0) is 15.8. The molecule has 0 aliphatic heterocycles. The van der Waals surface area contributed by atoms with Gasteiger partial charge in [-0.15, -0.1) is 0 Å². The van der Waals surface area contributed by atoms with E-state index in [2.05, 4.69) is 41.6 Å². The molecule has 0 aliphatic rings. The fourth-order valence-electron chi connectivity index (χ4n) is 2.41. The molecule has 1 N–H and O–H groups in total. The van der Waals surface area contributed by atoms with E-state index in [-0.39, 0.29) is 0 Å². The maximum absolute atomic E-state index is 10.4. The van der Waals surface area contributed by atoms with Crippen LogP contribution in [0.1, 0.15) is 58.1 Å². The number of nitrogens with zero attached hydrogens (tertiary/aromatic N) is 1. The highest BCUT2D eigenvalue weighted by atomic mass is 79.9. The molecule has 0 aromatic heterocycles. The number of aliphatic hydroxyl groups is 1. The van der Waals surface area contributed by atoms with Crippen LogP contribution in [0, 0.1) is 0 Å². The van der Waals surface area contributed by atoms with Crippen molar-refractivity contribution in [2.75, 3.05) is 13.1 Å². The zero-order valence-corrected chi connectivity index (χ0v) is 15.6. The molecular weight excluding hydrogens is 350 g/mol. The van der Waals surface area contributed by atoms with E-state index < -0.39 is 6.10 Å². The van der Waals surface area contributed by atoms with Crippen LogP contribution in [0.3, 0.4) is 0 Å². The molecule has 1 aromatic carbocycles. The van der Waals surface area contributed by atoms with E-state index in [1.54, 1.807) is 0 Å². The average Bonchev–Trinajstić information content (AvgIpc) is 2.41. The van der Waals surface area contributed by atoms with Gasteiger partial charge in [-0.25, -0.2) is 0 Å². The molecule has 0 fully saturated rings. The second-order valence-electron chi connectivity index (χ2n) is 5.81. The van der Waals surface area contributed by atoms with Crippen molar-refractivity contribution in [3.05, 3.63) is 33.3 Å². The van der Waals surface area contributed by atoms with Gasteiger partial charge in [0.25, 0.3) is 0 Å². The van der Waals surface area contributed by atoms with Gasteiger partial charge in [-0.3, -0.25) is 0 Å². The minimum absolute atomic E-state index is 0.502. The van der Waals surface area contributed by atoms with Crippen LogP contribution in [0.2, 0.25) is 5.02 Å². The van der Waals surface area contributed by atoms with Crippen LogP contribution in [-0.2, 0) is 0 Å². The molecule has 0 spiro atoms. The third-order valence-corrected chi connectivity index (χ3v) is 4.61. The van der Waals surface area contributed by atoms with Crippen molar-refractivity contribution in [3.63, 3.8) is 0 Å². The summed E-state index contributed by atoms with van der Waals surface area (Å²) in [6, 6.07) is 6.16. The van der Waals surface area contributed by atoms with Crippen LogP contribution in [0.25, 0.3) is 0 Å². The standard InChI is InChI=1S/C17H27BrClNO/c1-4-5-6-10-20(13(2)3)11-9-17(21)15-8-7-14(18)12-16(15)19/h7-8,12-13,17,21H,4-6,9-11H2,1-3H3. The fraction of sp³-hybridized carbons (Fsp3) is 0.647. The molecule has 0 radical (unpaired) electrons. The average molecular weight is 377 g/mol. The SMILES string of the molecule is CCCCCN(CCC(O)c1ccc(Br)cc1Cl)C(C)C. The van der Waals surface area contributed by atoms with Gasteiger partial charge in [0, 0.05) is 22.1 Å². The molecule has 1 atom stereocenters. The summed E-state index contributed by atoms with van der Waals surface area (Å²) in [6.07, 6.45) is 3.95. The fourth-order valence-corrected chi connectivity index (χ4v) is 3.21. The van der Waals surface area contributed by atoms with Gasteiger partial charge in [0.1, 0.15) is 0 Å². The minimum Gasteiger partial charge on any atom is -0.388 e. The Hall–Kier alpha value is -0.0900. The second kappa shape index (κ2) is 9.83. The van der Waals surface area contributed by atoms with Crippen molar-refractivity contribution in [1.82, 2.24) is 4.90 Å². The van der Waals surface area contributed by atoms with Crippen molar-refractivity contribution < 1.29 is 5.11 Å². The van der Waals surface area contributed by atoms with Crippen molar-refractivity contribution in [3.8, 4) is 0 Å². The van der Waals surface area contributed by atoms with Gasteiger partial charge in [0.2, 0.25) is 0 Å². The van der Waals surface area contributed by atoms with Crippen molar-refractivity contribution >= 4 is 27.5 Å². The normalized spacial score (nSPS) is 13.1. The first-order chi connectivity index (χ1) is 9.95. The molecule has 2 nitrogen and oxygen atoms in total. The molecular formula is C17H27BrClNO. The first-order valence-corrected chi connectivity index (χ1v) is 8.99. The van der Waals surface area contributed by atoms with E-state index in [0.717, 1.165) is 23.1 Å². The summed E-state index contributed by atoms with van der Waals surface area (Å²) in [5.41, 5.74) is 0.817. The molecule has 1 unspecified atom stereocenters. The largest absolute Gasteiger partial charge is 0.388 e. The summed E-state index contributed by atoms with van der Waals surface area (Å²) in [5, 5.41) is 11.0. The number of benzene rings is 1. The van der Waals surface area contributed by atoms with E-state index in [1.165, 1.54) is 19.3 Å². The second-order valence-corrected chi connectivity index (χ2v) is 7.13. The molecule has 0 aliphatic carbocycles. The van der Waals surface area contributed by atoms with E-state index in [1.807, 2.05) is 18.2 Å². The molecule has 21 heavy (non-hydrogen) atoms. The van der Waals surface area contributed by atoms with Crippen LogP contribution in [0.15, 0.2) is 22.7 Å². The highest BCUT2D eigenvalue weighted by Crippen LogP contribution is 2.28. The van der Waals surface area contributed by atoms with Crippen LogP contribution >= 0.6 is 27.5 Å². The lowest BCUT2D eigenvalue weighted by Crippen LogP contribution is -2.33. The summed E-state index contributed by atoms with van der Waals surface area (Å²) in [4.78, 5) is 2.44. The van der Waals surface area contributed by atoms with Gasteiger partial charge < -0.3 is 10.0 Å². The Morgan fingerprint density at radius 3 is 2.52 bits per heavy atom. The summed E-state index contributed by atoms with van der Waals surface area (Å²) < 4.78 is 0.937. The van der Waals surface area contributed by atoms with E-state index in [0.29, 0.717) is 17.5 Å². The zero-order valence-electron chi connectivity index (χ0n) is 13.3. The number of unbranched alkanes of at least 4 members (excludes halogenated alkanes) is 2. The highest BCUT2D eigenvalue weighted by molar-refractivity contribution is 9.10. The van der Waals surface area contributed by atoms with Gasteiger partial charge in [-0.05, 0) is 50.9 Å². The molecule has 1 rings (SSSR count). The first-order valence-electron chi connectivity index (χ1n) is 7.82. The molecule has 120 valence electrons. The molecule has 0 saturated carbocycles. The quantitative estimate of drug-likeness (QED) is 0.581. The van der Waals surface area contributed by atoms with Crippen LogP contribution < -0.4 is 0 Å².